The Kier molecular flexibility index (Phi) is 6.24. The Hall–Kier alpha value is -2.32. The lowest BCUT2D eigenvalue weighted by Gasteiger charge is -2.24. The standard InChI is InChI=1S/C26H26IN3O2/c1-17-11-20(26(31)30-10-2-3-23(30)16-32-27)6-7-24(17)22-12-21(14-28-15-22)19-8-9-29-25(13-19)18-4-5-18/h6-9,11-15,18,23H,2-5,10,16H2,1H3. The van der Waals surface area contributed by atoms with Gasteiger partial charge in [0, 0.05) is 53.4 Å². The van der Waals surface area contributed by atoms with Crippen molar-refractivity contribution in [3.8, 4) is 22.3 Å². The van der Waals surface area contributed by atoms with Gasteiger partial charge < -0.3 is 7.97 Å². The number of benzene rings is 1. The number of rotatable bonds is 6. The van der Waals surface area contributed by atoms with Gasteiger partial charge in [-0.1, -0.05) is 6.07 Å². The van der Waals surface area contributed by atoms with Crippen molar-refractivity contribution in [3.63, 3.8) is 0 Å². The van der Waals surface area contributed by atoms with Gasteiger partial charge in [-0.3, -0.25) is 14.8 Å². The molecule has 0 radical (unpaired) electrons. The van der Waals surface area contributed by atoms with Crippen LogP contribution in [-0.2, 0) is 3.07 Å². The molecule has 1 aliphatic carbocycles. The van der Waals surface area contributed by atoms with Gasteiger partial charge in [0.05, 0.1) is 12.6 Å². The number of carbonyl (C=O) groups is 1. The molecule has 32 heavy (non-hydrogen) atoms. The van der Waals surface area contributed by atoms with Crippen molar-refractivity contribution in [3.05, 3.63) is 71.8 Å². The molecule has 5 rings (SSSR count). The predicted octanol–water partition coefficient (Wildman–Crippen LogP) is 5.97. The fourth-order valence-electron chi connectivity index (χ4n) is 4.61. The Morgan fingerprint density at radius 2 is 1.94 bits per heavy atom. The summed E-state index contributed by atoms with van der Waals surface area (Å²) in [6.45, 7) is 3.44. The predicted molar refractivity (Wildman–Crippen MR) is 134 cm³/mol. The van der Waals surface area contributed by atoms with Crippen molar-refractivity contribution in [1.82, 2.24) is 14.9 Å². The van der Waals surface area contributed by atoms with Crippen LogP contribution in [0.1, 0.15) is 53.2 Å². The first kappa shape index (κ1) is 21.5. The third-order valence-corrected chi connectivity index (χ3v) is 6.89. The second-order valence-corrected chi connectivity index (χ2v) is 9.43. The number of aromatic nitrogens is 2. The van der Waals surface area contributed by atoms with Crippen molar-refractivity contribution in [2.24, 2.45) is 0 Å². The average Bonchev–Trinajstić information content (AvgIpc) is 3.58. The molecule has 0 spiro atoms. The van der Waals surface area contributed by atoms with Crippen molar-refractivity contribution < 1.29 is 7.86 Å². The van der Waals surface area contributed by atoms with Crippen LogP contribution in [0.4, 0.5) is 0 Å². The summed E-state index contributed by atoms with van der Waals surface area (Å²) in [4.78, 5) is 24.1. The summed E-state index contributed by atoms with van der Waals surface area (Å²) >= 11 is 1.91. The second kappa shape index (κ2) is 9.27. The first-order chi connectivity index (χ1) is 15.6. The van der Waals surface area contributed by atoms with E-state index in [1.807, 2.05) is 70.8 Å². The molecule has 1 aromatic carbocycles. The molecule has 3 heterocycles. The molecule has 0 N–H and O–H groups in total. The van der Waals surface area contributed by atoms with E-state index in [2.05, 4.69) is 29.0 Å². The van der Waals surface area contributed by atoms with Gasteiger partial charge in [-0.2, -0.15) is 0 Å². The number of aryl methyl sites for hydroxylation is 1. The number of nitrogens with zero attached hydrogens (tertiary/aromatic N) is 3. The van der Waals surface area contributed by atoms with E-state index in [1.165, 1.54) is 18.5 Å². The van der Waals surface area contributed by atoms with E-state index in [0.717, 1.165) is 52.8 Å². The number of hydrogen-bond donors (Lipinski definition) is 0. The summed E-state index contributed by atoms with van der Waals surface area (Å²) in [6, 6.07) is 12.6. The molecule has 2 aliphatic rings. The molecule has 5 nitrogen and oxygen atoms in total. The zero-order valence-electron chi connectivity index (χ0n) is 18.1. The van der Waals surface area contributed by atoms with Crippen LogP contribution in [-0.4, -0.2) is 40.0 Å². The lowest BCUT2D eigenvalue weighted by Crippen LogP contribution is -2.37. The van der Waals surface area contributed by atoms with E-state index in [4.69, 9.17) is 3.07 Å². The highest BCUT2D eigenvalue weighted by atomic mass is 127. The molecule has 2 fully saturated rings. The Morgan fingerprint density at radius 1 is 1.09 bits per heavy atom. The largest absolute Gasteiger partial charge is 0.333 e. The Morgan fingerprint density at radius 3 is 2.72 bits per heavy atom. The summed E-state index contributed by atoms with van der Waals surface area (Å²) in [5.74, 6) is 0.712. The van der Waals surface area contributed by atoms with Crippen LogP contribution in [0.15, 0.2) is 55.0 Å². The monoisotopic (exact) mass is 539 g/mol. The van der Waals surface area contributed by atoms with Crippen LogP contribution in [0.2, 0.25) is 0 Å². The molecule has 1 aliphatic heterocycles. The summed E-state index contributed by atoms with van der Waals surface area (Å²) in [7, 11) is 0. The minimum Gasteiger partial charge on any atom is -0.333 e. The van der Waals surface area contributed by atoms with E-state index >= 15 is 0 Å². The van der Waals surface area contributed by atoms with Crippen LogP contribution in [0.5, 0.6) is 0 Å². The maximum Gasteiger partial charge on any atom is 0.254 e. The highest BCUT2D eigenvalue weighted by Gasteiger charge is 2.29. The number of likely N-dealkylation sites (tertiary alicyclic amines) is 1. The normalized spacial score (nSPS) is 18.2. The van der Waals surface area contributed by atoms with Gasteiger partial charge in [0.2, 0.25) is 0 Å². The fraction of sp³-hybridized carbons (Fsp3) is 0.346. The van der Waals surface area contributed by atoms with Gasteiger partial charge in [-0.05, 0) is 79.6 Å². The molecule has 3 aromatic rings. The Balaban J connectivity index is 1.40. The molecule has 6 heteroatoms. The first-order valence-electron chi connectivity index (χ1n) is 11.2. The quantitative estimate of drug-likeness (QED) is 0.363. The van der Waals surface area contributed by atoms with Crippen molar-refractivity contribution in [2.75, 3.05) is 13.2 Å². The van der Waals surface area contributed by atoms with Crippen LogP contribution in [0.25, 0.3) is 22.3 Å². The molecule has 1 saturated carbocycles. The summed E-state index contributed by atoms with van der Waals surface area (Å²) in [6.07, 6.45) is 10.2. The number of halogens is 1. The number of amides is 1. The molecule has 2 aromatic heterocycles. The molecule has 164 valence electrons. The average molecular weight is 539 g/mol. The minimum absolute atomic E-state index is 0.0897. The van der Waals surface area contributed by atoms with Crippen LogP contribution in [0.3, 0.4) is 0 Å². The summed E-state index contributed by atoms with van der Waals surface area (Å²) in [5, 5.41) is 0. The molecule has 1 saturated heterocycles. The minimum atomic E-state index is 0.0897. The Labute approximate surface area is 202 Å². The summed E-state index contributed by atoms with van der Waals surface area (Å²) < 4.78 is 5.28. The van der Waals surface area contributed by atoms with Crippen LogP contribution < -0.4 is 0 Å². The van der Waals surface area contributed by atoms with Crippen molar-refractivity contribution in [2.45, 2.75) is 44.6 Å². The van der Waals surface area contributed by atoms with Gasteiger partial charge in [-0.15, -0.1) is 0 Å². The highest BCUT2D eigenvalue weighted by molar-refractivity contribution is 14.1. The zero-order chi connectivity index (χ0) is 22.1. The maximum absolute atomic E-state index is 13.1. The maximum atomic E-state index is 13.1. The molecule has 1 atom stereocenters. The van der Waals surface area contributed by atoms with E-state index in [1.54, 1.807) is 0 Å². The third-order valence-electron chi connectivity index (χ3n) is 6.53. The topological polar surface area (TPSA) is 55.3 Å². The Bertz CT molecular complexity index is 1150. The van der Waals surface area contributed by atoms with Crippen molar-refractivity contribution in [1.29, 1.82) is 0 Å². The lowest BCUT2D eigenvalue weighted by molar-refractivity contribution is 0.0709. The summed E-state index contributed by atoms with van der Waals surface area (Å²) in [5.41, 5.74) is 7.38. The second-order valence-electron chi connectivity index (χ2n) is 8.81. The fourth-order valence-corrected chi connectivity index (χ4v) is 5.03. The lowest BCUT2D eigenvalue weighted by atomic mass is 9.97. The van der Waals surface area contributed by atoms with Crippen molar-refractivity contribution >= 4 is 28.9 Å². The SMILES string of the molecule is Cc1cc(C(=O)N2CCCC2COI)ccc1-c1cncc(-c2ccnc(C3CC3)c2)c1. The third kappa shape index (κ3) is 4.43. The van der Waals surface area contributed by atoms with Gasteiger partial charge in [0.25, 0.3) is 5.91 Å². The number of carbonyl (C=O) groups excluding carboxylic acids is 1. The molecular formula is C26H26IN3O2. The first-order valence-corrected chi connectivity index (χ1v) is 12.1. The van der Waals surface area contributed by atoms with Gasteiger partial charge in [0.15, 0.2) is 0 Å². The van der Waals surface area contributed by atoms with E-state index < -0.39 is 0 Å². The molecule has 1 unspecified atom stereocenters. The van der Waals surface area contributed by atoms with Crippen LogP contribution >= 0.6 is 23.0 Å². The smallest absolute Gasteiger partial charge is 0.254 e. The zero-order valence-corrected chi connectivity index (χ0v) is 20.3. The van der Waals surface area contributed by atoms with Crippen LogP contribution in [0, 0.1) is 6.92 Å². The van der Waals surface area contributed by atoms with Gasteiger partial charge in [0.1, 0.15) is 23.0 Å². The van der Waals surface area contributed by atoms with Gasteiger partial charge >= 0.3 is 0 Å². The number of pyridine rings is 2. The van der Waals surface area contributed by atoms with E-state index in [-0.39, 0.29) is 11.9 Å². The molecule has 0 bridgehead atoms. The van der Waals surface area contributed by atoms with E-state index in [0.29, 0.717) is 12.5 Å². The molecular weight excluding hydrogens is 513 g/mol. The van der Waals surface area contributed by atoms with E-state index in [9.17, 15) is 4.79 Å². The highest BCUT2D eigenvalue weighted by Crippen LogP contribution is 2.40. The van der Waals surface area contributed by atoms with Gasteiger partial charge in [-0.25, -0.2) is 0 Å². The number of hydrogen-bond acceptors (Lipinski definition) is 4. The molecule has 1 amide bonds.